The van der Waals surface area contributed by atoms with Gasteiger partial charge in [-0.2, -0.15) is 0 Å². The fourth-order valence-electron chi connectivity index (χ4n) is 1.80. The highest BCUT2D eigenvalue weighted by Crippen LogP contribution is 2.11. The number of furan rings is 1. The van der Waals surface area contributed by atoms with Gasteiger partial charge in [0.2, 0.25) is 0 Å². The van der Waals surface area contributed by atoms with Gasteiger partial charge in [-0.3, -0.25) is 4.90 Å². The van der Waals surface area contributed by atoms with Crippen LogP contribution < -0.4 is 0 Å². The molecule has 3 nitrogen and oxygen atoms in total. The zero-order chi connectivity index (χ0) is 11.4. The monoisotopic (exact) mass is 330 g/mol. The molecule has 0 aromatic carbocycles. The Balaban J connectivity index is 1.90. The number of piperazine rings is 1. The normalized spacial score (nSPS) is 18.1. The Labute approximate surface area is 110 Å². The summed E-state index contributed by atoms with van der Waals surface area (Å²) in [5.41, 5.74) is 0. The molecule has 0 radical (unpaired) electrons. The molecule has 1 aliphatic rings. The van der Waals surface area contributed by atoms with Crippen molar-refractivity contribution in [1.82, 2.24) is 9.80 Å². The van der Waals surface area contributed by atoms with Gasteiger partial charge >= 0.3 is 0 Å². The second kappa shape index (κ2) is 5.71. The van der Waals surface area contributed by atoms with Gasteiger partial charge in [-0.25, -0.2) is 0 Å². The van der Waals surface area contributed by atoms with Crippen molar-refractivity contribution in [2.45, 2.75) is 6.54 Å². The molecule has 2 heterocycles. The predicted molar refractivity (Wildman–Crippen MR) is 72.4 cm³/mol. The van der Waals surface area contributed by atoms with E-state index in [-0.39, 0.29) is 0 Å². The summed E-state index contributed by atoms with van der Waals surface area (Å²) in [5, 5.41) is 0. The Morgan fingerprint density at radius 1 is 1.31 bits per heavy atom. The molecule has 0 unspecified atom stereocenters. The van der Waals surface area contributed by atoms with Crippen LogP contribution in [0.5, 0.6) is 0 Å². The summed E-state index contributed by atoms with van der Waals surface area (Å²) in [4.78, 5) is 4.77. The standard InChI is InChI=1S/C12H15IN2O/c1-14-6-8-15(9-7-14)10-12-3-2-11(16-12)4-5-13/h2-3H,6-10H2,1H3. The molecule has 16 heavy (non-hydrogen) atoms. The van der Waals surface area contributed by atoms with Crippen LogP contribution >= 0.6 is 22.6 Å². The Morgan fingerprint density at radius 2 is 2.06 bits per heavy atom. The van der Waals surface area contributed by atoms with E-state index < -0.39 is 0 Å². The van der Waals surface area contributed by atoms with Crippen molar-refractivity contribution in [1.29, 1.82) is 0 Å². The third-order valence-electron chi connectivity index (χ3n) is 2.81. The van der Waals surface area contributed by atoms with Crippen LogP contribution in [0, 0.1) is 9.85 Å². The Hall–Kier alpha value is -0.510. The van der Waals surface area contributed by atoms with Gasteiger partial charge < -0.3 is 9.32 Å². The molecular weight excluding hydrogens is 315 g/mol. The quantitative estimate of drug-likeness (QED) is 0.609. The lowest BCUT2D eigenvalue weighted by molar-refractivity contribution is 0.140. The van der Waals surface area contributed by atoms with Crippen LogP contribution in [-0.2, 0) is 6.54 Å². The number of nitrogens with zero attached hydrogens (tertiary/aromatic N) is 2. The maximum absolute atomic E-state index is 5.62. The third kappa shape index (κ3) is 3.24. The van der Waals surface area contributed by atoms with E-state index in [9.17, 15) is 0 Å². The van der Waals surface area contributed by atoms with Gasteiger partial charge in [0.05, 0.1) is 6.54 Å². The molecular formula is C12H15IN2O. The first-order valence-electron chi connectivity index (χ1n) is 5.39. The molecule has 0 bridgehead atoms. The topological polar surface area (TPSA) is 19.6 Å². The minimum absolute atomic E-state index is 0.763. The molecule has 0 atom stereocenters. The van der Waals surface area contributed by atoms with E-state index in [1.807, 2.05) is 34.7 Å². The number of likely N-dealkylation sites (N-methyl/N-ethyl adjacent to an activating group) is 1. The summed E-state index contributed by atoms with van der Waals surface area (Å²) in [5.74, 6) is 4.69. The van der Waals surface area contributed by atoms with E-state index in [4.69, 9.17) is 4.42 Å². The van der Waals surface area contributed by atoms with Crippen molar-refractivity contribution in [2.24, 2.45) is 0 Å². The summed E-state index contributed by atoms with van der Waals surface area (Å²) in [7, 11) is 2.17. The highest BCUT2D eigenvalue weighted by molar-refractivity contribution is 14.1. The summed E-state index contributed by atoms with van der Waals surface area (Å²) >= 11 is 2.02. The van der Waals surface area contributed by atoms with Crippen LogP contribution in [-0.4, -0.2) is 43.0 Å². The molecule has 0 aliphatic carbocycles. The molecule has 2 rings (SSSR count). The van der Waals surface area contributed by atoms with Gasteiger partial charge in [0.15, 0.2) is 5.76 Å². The van der Waals surface area contributed by atoms with Crippen molar-refractivity contribution < 1.29 is 4.42 Å². The fourth-order valence-corrected chi connectivity index (χ4v) is 2.07. The Morgan fingerprint density at radius 3 is 2.75 bits per heavy atom. The number of hydrogen-bond acceptors (Lipinski definition) is 3. The van der Waals surface area contributed by atoms with Crippen LogP contribution in [0.2, 0.25) is 0 Å². The van der Waals surface area contributed by atoms with E-state index in [0.717, 1.165) is 44.2 Å². The fraction of sp³-hybridized carbons (Fsp3) is 0.500. The molecule has 1 aromatic heterocycles. The molecule has 4 heteroatoms. The molecule has 1 aromatic rings. The van der Waals surface area contributed by atoms with Crippen LogP contribution in [0.15, 0.2) is 16.5 Å². The van der Waals surface area contributed by atoms with Crippen molar-refractivity contribution in [3.8, 4) is 9.85 Å². The lowest BCUT2D eigenvalue weighted by Crippen LogP contribution is -2.43. The van der Waals surface area contributed by atoms with Crippen molar-refractivity contribution in [3.05, 3.63) is 23.7 Å². The lowest BCUT2D eigenvalue weighted by atomic mass is 10.3. The molecule has 0 saturated carbocycles. The van der Waals surface area contributed by atoms with Crippen LogP contribution in [0.4, 0.5) is 0 Å². The summed E-state index contributed by atoms with van der Waals surface area (Å²) in [6, 6.07) is 3.96. The lowest BCUT2D eigenvalue weighted by Gasteiger charge is -2.31. The highest BCUT2D eigenvalue weighted by atomic mass is 127. The van der Waals surface area contributed by atoms with E-state index in [2.05, 4.69) is 26.7 Å². The minimum Gasteiger partial charge on any atom is -0.451 e. The number of rotatable bonds is 2. The van der Waals surface area contributed by atoms with Crippen molar-refractivity contribution in [3.63, 3.8) is 0 Å². The highest BCUT2D eigenvalue weighted by Gasteiger charge is 2.14. The van der Waals surface area contributed by atoms with Gasteiger partial charge in [-0.05, 0) is 29.0 Å². The smallest absolute Gasteiger partial charge is 0.177 e. The van der Waals surface area contributed by atoms with Crippen LogP contribution in [0.25, 0.3) is 0 Å². The maximum atomic E-state index is 5.62. The van der Waals surface area contributed by atoms with Gasteiger partial charge in [-0.1, -0.05) is 0 Å². The van der Waals surface area contributed by atoms with Gasteiger partial charge in [0, 0.05) is 48.8 Å². The van der Waals surface area contributed by atoms with Crippen LogP contribution in [0.3, 0.4) is 0 Å². The maximum Gasteiger partial charge on any atom is 0.177 e. The van der Waals surface area contributed by atoms with E-state index in [0.29, 0.717) is 0 Å². The van der Waals surface area contributed by atoms with Gasteiger partial charge in [0.25, 0.3) is 0 Å². The second-order valence-electron chi connectivity index (χ2n) is 4.06. The number of hydrogen-bond donors (Lipinski definition) is 0. The molecule has 1 aliphatic heterocycles. The second-order valence-corrected chi connectivity index (χ2v) is 4.60. The minimum atomic E-state index is 0.763. The van der Waals surface area contributed by atoms with E-state index >= 15 is 0 Å². The zero-order valence-electron chi connectivity index (χ0n) is 9.37. The predicted octanol–water partition coefficient (Wildman–Crippen LogP) is 1.77. The zero-order valence-corrected chi connectivity index (χ0v) is 11.5. The largest absolute Gasteiger partial charge is 0.451 e. The van der Waals surface area contributed by atoms with Crippen molar-refractivity contribution in [2.75, 3.05) is 33.2 Å². The van der Waals surface area contributed by atoms with Gasteiger partial charge in [-0.15, -0.1) is 0 Å². The Kier molecular flexibility index (Phi) is 4.27. The molecule has 86 valence electrons. The Bertz CT molecular complexity index is 397. The third-order valence-corrected chi connectivity index (χ3v) is 3.08. The molecule has 0 spiro atoms. The molecule has 1 saturated heterocycles. The summed E-state index contributed by atoms with van der Waals surface area (Å²) in [6.45, 7) is 5.41. The SMILES string of the molecule is CN1CCN(Cc2ccc(C#CI)o2)CC1. The van der Waals surface area contributed by atoms with E-state index in [1.54, 1.807) is 0 Å². The molecule has 0 N–H and O–H groups in total. The molecule has 0 amide bonds. The summed E-state index contributed by atoms with van der Waals surface area (Å²) < 4.78 is 8.43. The first-order valence-corrected chi connectivity index (χ1v) is 6.47. The average Bonchev–Trinajstić information content (AvgIpc) is 2.70. The van der Waals surface area contributed by atoms with E-state index in [1.165, 1.54) is 0 Å². The first kappa shape index (κ1) is 12.0. The molecule has 1 fully saturated rings. The van der Waals surface area contributed by atoms with Crippen LogP contribution in [0.1, 0.15) is 11.5 Å². The number of halogens is 1. The summed E-state index contributed by atoms with van der Waals surface area (Å²) in [6.07, 6.45) is 0. The first-order chi connectivity index (χ1) is 7.78. The average molecular weight is 330 g/mol. The van der Waals surface area contributed by atoms with Gasteiger partial charge in [0.1, 0.15) is 5.76 Å². The van der Waals surface area contributed by atoms with Crippen molar-refractivity contribution >= 4 is 22.6 Å².